The van der Waals surface area contributed by atoms with Gasteiger partial charge in [0.05, 0.1) is 24.8 Å². The van der Waals surface area contributed by atoms with E-state index < -0.39 is 5.82 Å². The quantitative estimate of drug-likeness (QED) is 0.703. The van der Waals surface area contributed by atoms with Crippen LogP contribution in [0.3, 0.4) is 0 Å². The van der Waals surface area contributed by atoms with Crippen LogP contribution in [0, 0.1) is 5.82 Å². The summed E-state index contributed by atoms with van der Waals surface area (Å²) in [7, 11) is 3.17. The van der Waals surface area contributed by atoms with Gasteiger partial charge in [-0.05, 0) is 30.2 Å². The van der Waals surface area contributed by atoms with Crippen molar-refractivity contribution in [1.29, 1.82) is 0 Å². The van der Waals surface area contributed by atoms with Gasteiger partial charge in [-0.1, -0.05) is 11.6 Å². The van der Waals surface area contributed by atoms with Gasteiger partial charge < -0.3 is 14.4 Å². The molecule has 1 aliphatic rings. The SMILES string of the molecule is COc1cc2ncnc(N3CCc4cc(F)c(Cl)cc43)c2cc1OC. The zero-order valence-corrected chi connectivity index (χ0v) is 14.5. The summed E-state index contributed by atoms with van der Waals surface area (Å²) >= 11 is 5.98. The van der Waals surface area contributed by atoms with Gasteiger partial charge in [-0.15, -0.1) is 0 Å². The molecule has 0 spiro atoms. The monoisotopic (exact) mass is 359 g/mol. The molecule has 0 amide bonds. The van der Waals surface area contributed by atoms with Crippen LogP contribution in [-0.2, 0) is 6.42 Å². The zero-order valence-electron chi connectivity index (χ0n) is 13.7. The minimum Gasteiger partial charge on any atom is -0.493 e. The maximum atomic E-state index is 13.7. The highest BCUT2D eigenvalue weighted by Gasteiger charge is 2.25. The Bertz CT molecular complexity index is 980. The van der Waals surface area contributed by atoms with E-state index in [-0.39, 0.29) is 5.02 Å². The fourth-order valence-corrected chi connectivity index (χ4v) is 3.34. The Labute approximate surface area is 149 Å². The molecule has 4 rings (SSSR count). The average Bonchev–Trinajstić information content (AvgIpc) is 3.02. The summed E-state index contributed by atoms with van der Waals surface area (Å²) in [6.45, 7) is 0.690. The highest BCUT2D eigenvalue weighted by molar-refractivity contribution is 6.31. The van der Waals surface area contributed by atoms with E-state index in [4.69, 9.17) is 21.1 Å². The Balaban J connectivity index is 1.90. The number of halogens is 2. The highest BCUT2D eigenvalue weighted by atomic mass is 35.5. The predicted molar refractivity (Wildman–Crippen MR) is 94.8 cm³/mol. The highest BCUT2D eigenvalue weighted by Crippen LogP contribution is 2.41. The molecule has 0 atom stereocenters. The number of aromatic nitrogens is 2. The largest absolute Gasteiger partial charge is 0.493 e. The van der Waals surface area contributed by atoms with E-state index in [9.17, 15) is 4.39 Å². The van der Waals surface area contributed by atoms with Crippen LogP contribution in [0.1, 0.15) is 5.56 Å². The molecule has 3 aromatic rings. The molecule has 7 heteroatoms. The lowest BCUT2D eigenvalue weighted by Crippen LogP contribution is -2.15. The van der Waals surface area contributed by atoms with Gasteiger partial charge >= 0.3 is 0 Å². The van der Waals surface area contributed by atoms with Crippen LogP contribution in [0.15, 0.2) is 30.6 Å². The molecule has 0 N–H and O–H groups in total. The van der Waals surface area contributed by atoms with Crippen molar-refractivity contribution in [1.82, 2.24) is 9.97 Å². The van der Waals surface area contributed by atoms with E-state index in [0.29, 0.717) is 18.0 Å². The maximum absolute atomic E-state index is 13.7. The third-order valence-electron chi connectivity index (χ3n) is 4.39. The van der Waals surface area contributed by atoms with Crippen molar-refractivity contribution in [2.75, 3.05) is 25.7 Å². The molecule has 0 fully saturated rings. The number of nitrogens with zero attached hydrogens (tertiary/aromatic N) is 3. The molecule has 2 heterocycles. The zero-order chi connectivity index (χ0) is 17.6. The summed E-state index contributed by atoms with van der Waals surface area (Å²) in [5.74, 6) is 1.53. The first kappa shape index (κ1) is 15.9. The summed E-state index contributed by atoms with van der Waals surface area (Å²) in [5, 5.41) is 0.928. The van der Waals surface area contributed by atoms with Gasteiger partial charge in [0.1, 0.15) is 18.0 Å². The number of fused-ring (bicyclic) bond motifs is 2. The van der Waals surface area contributed by atoms with E-state index in [2.05, 4.69) is 9.97 Å². The Morgan fingerprint density at radius 1 is 1.08 bits per heavy atom. The molecule has 1 aliphatic heterocycles. The van der Waals surface area contributed by atoms with Gasteiger partial charge in [0.15, 0.2) is 11.5 Å². The van der Waals surface area contributed by atoms with Crippen LogP contribution >= 0.6 is 11.6 Å². The number of hydrogen-bond donors (Lipinski definition) is 0. The second kappa shape index (κ2) is 6.04. The van der Waals surface area contributed by atoms with E-state index in [0.717, 1.165) is 34.4 Å². The van der Waals surface area contributed by atoms with Crippen molar-refractivity contribution >= 4 is 34.0 Å². The van der Waals surface area contributed by atoms with Crippen molar-refractivity contribution in [2.24, 2.45) is 0 Å². The minimum absolute atomic E-state index is 0.100. The summed E-state index contributed by atoms with van der Waals surface area (Å²) in [4.78, 5) is 10.8. The minimum atomic E-state index is -0.402. The average molecular weight is 360 g/mol. The fraction of sp³-hybridized carbons (Fsp3) is 0.222. The fourth-order valence-electron chi connectivity index (χ4n) is 3.19. The van der Waals surface area contributed by atoms with Crippen molar-refractivity contribution in [3.8, 4) is 11.5 Å². The first-order chi connectivity index (χ1) is 12.1. The number of methoxy groups -OCH3 is 2. The molecule has 5 nitrogen and oxygen atoms in total. The third kappa shape index (κ3) is 2.53. The summed E-state index contributed by atoms with van der Waals surface area (Å²) in [6.07, 6.45) is 2.23. The van der Waals surface area contributed by atoms with E-state index in [1.807, 2.05) is 17.0 Å². The number of rotatable bonds is 3. The number of anilines is 2. The van der Waals surface area contributed by atoms with Crippen LogP contribution < -0.4 is 14.4 Å². The number of ether oxygens (including phenoxy) is 2. The molecule has 0 radical (unpaired) electrons. The molecule has 1 aromatic heterocycles. The maximum Gasteiger partial charge on any atom is 0.162 e. The van der Waals surface area contributed by atoms with Crippen molar-refractivity contribution < 1.29 is 13.9 Å². The number of benzene rings is 2. The van der Waals surface area contributed by atoms with E-state index in [1.165, 1.54) is 12.4 Å². The van der Waals surface area contributed by atoms with Gasteiger partial charge in [0, 0.05) is 23.7 Å². The molecular formula is C18H15ClFN3O2. The second-order valence-electron chi connectivity index (χ2n) is 5.72. The molecular weight excluding hydrogens is 345 g/mol. The number of hydrogen-bond acceptors (Lipinski definition) is 5. The van der Waals surface area contributed by atoms with Crippen molar-refractivity contribution in [3.63, 3.8) is 0 Å². The van der Waals surface area contributed by atoms with Gasteiger partial charge in [-0.3, -0.25) is 0 Å². The molecule has 2 aromatic carbocycles. The molecule has 25 heavy (non-hydrogen) atoms. The Morgan fingerprint density at radius 3 is 2.60 bits per heavy atom. The normalized spacial score (nSPS) is 13.2. The van der Waals surface area contributed by atoms with Gasteiger partial charge in [-0.25, -0.2) is 14.4 Å². The lowest BCUT2D eigenvalue weighted by molar-refractivity contribution is 0.356. The molecule has 0 aliphatic carbocycles. The van der Waals surface area contributed by atoms with Crippen LogP contribution in [0.5, 0.6) is 11.5 Å². The van der Waals surface area contributed by atoms with Crippen LogP contribution in [0.25, 0.3) is 10.9 Å². The van der Waals surface area contributed by atoms with Crippen molar-refractivity contribution in [2.45, 2.75) is 6.42 Å². The molecule has 0 unspecified atom stereocenters. The lowest BCUT2D eigenvalue weighted by atomic mass is 10.1. The Kier molecular flexibility index (Phi) is 3.84. The summed E-state index contributed by atoms with van der Waals surface area (Å²) in [6, 6.07) is 6.80. The Hall–Kier alpha value is -2.60. The molecule has 128 valence electrons. The second-order valence-corrected chi connectivity index (χ2v) is 6.13. The molecule has 0 bridgehead atoms. The van der Waals surface area contributed by atoms with Crippen LogP contribution in [0.2, 0.25) is 5.02 Å². The predicted octanol–water partition coefficient (Wildman–Crippen LogP) is 4.13. The van der Waals surface area contributed by atoms with Crippen LogP contribution in [0.4, 0.5) is 15.9 Å². The summed E-state index contributed by atoms with van der Waals surface area (Å²) < 4.78 is 24.5. The Morgan fingerprint density at radius 2 is 1.84 bits per heavy atom. The van der Waals surface area contributed by atoms with E-state index >= 15 is 0 Å². The topological polar surface area (TPSA) is 47.5 Å². The molecule has 0 saturated heterocycles. The molecule has 0 saturated carbocycles. The van der Waals surface area contributed by atoms with Crippen molar-refractivity contribution in [3.05, 3.63) is 47.0 Å². The lowest BCUT2D eigenvalue weighted by Gasteiger charge is -2.20. The smallest absolute Gasteiger partial charge is 0.162 e. The van der Waals surface area contributed by atoms with Gasteiger partial charge in [0.25, 0.3) is 0 Å². The standard InChI is InChI=1S/C18H15ClFN3O2/c1-24-16-6-11-14(8-17(16)25-2)21-9-22-18(11)23-4-3-10-5-13(20)12(19)7-15(10)23/h5-9H,3-4H2,1-2H3. The van der Waals surface area contributed by atoms with Gasteiger partial charge in [0.2, 0.25) is 0 Å². The summed E-state index contributed by atoms with van der Waals surface area (Å²) in [5.41, 5.74) is 2.51. The third-order valence-corrected chi connectivity index (χ3v) is 4.68. The first-order valence-corrected chi connectivity index (χ1v) is 8.12. The van der Waals surface area contributed by atoms with Gasteiger partial charge in [-0.2, -0.15) is 0 Å². The van der Waals surface area contributed by atoms with Crippen LogP contribution in [-0.4, -0.2) is 30.7 Å². The van der Waals surface area contributed by atoms with E-state index in [1.54, 1.807) is 20.3 Å². The first-order valence-electron chi connectivity index (χ1n) is 7.74.